The topological polar surface area (TPSA) is 46.6 Å². The van der Waals surface area contributed by atoms with Crippen molar-refractivity contribution in [3.8, 4) is 0 Å². The Kier molecular flexibility index (Phi) is 4.80. The number of carbonyl (C=O) groups is 2. The van der Waals surface area contributed by atoms with E-state index in [1.807, 2.05) is 0 Å². The van der Waals surface area contributed by atoms with E-state index in [2.05, 4.69) is 6.58 Å². The van der Waals surface area contributed by atoms with E-state index in [1.54, 1.807) is 13.8 Å². The number of esters is 1. The van der Waals surface area contributed by atoms with Crippen LogP contribution in [0.5, 0.6) is 0 Å². The lowest BCUT2D eigenvalue weighted by Gasteiger charge is -2.21. The van der Waals surface area contributed by atoms with Crippen LogP contribution in [0.15, 0.2) is 12.7 Å². The molecule has 0 aromatic heterocycles. The molecule has 0 radical (unpaired) electrons. The van der Waals surface area contributed by atoms with Gasteiger partial charge < -0.3 is 9.64 Å². The fraction of sp³-hybridized carbons (Fsp3) is 0.556. The second-order valence-corrected chi connectivity index (χ2v) is 2.58. The first kappa shape index (κ1) is 11.7. The van der Waals surface area contributed by atoms with Crippen molar-refractivity contribution in [1.82, 2.24) is 4.90 Å². The van der Waals surface area contributed by atoms with Crippen LogP contribution < -0.4 is 0 Å². The standard InChI is InChI=1S/C9H15NO3/c1-5-8(11)10(4)7(3)9(12)13-6-2/h5,7H,1,6H2,2-4H3/t7-/m0/s1. The van der Waals surface area contributed by atoms with Gasteiger partial charge in [0, 0.05) is 7.05 Å². The Labute approximate surface area is 78.2 Å². The summed E-state index contributed by atoms with van der Waals surface area (Å²) in [5.41, 5.74) is 0. The molecule has 0 aliphatic rings. The van der Waals surface area contributed by atoms with Crippen LogP contribution in [0.3, 0.4) is 0 Å². The Bertz CT molecular complexity index is 213. The van der Waals surface area contributed by atoms with E-state index in [1.165, 1.54) is 11.9 Å². The fourth-order valence-corrected chi connectivity index (χ4v) is 0.756. The van der Waals surface area contributed by atoms with Crippen molar-refractivity contribution in [1.29, 1.82) is 0 Å². The highest BCUT2D eigenvalue weighted by Gasteiger charge is 2.21. The minimum Gasteiger partial charge on any atom is -0.464 e. The largest absolute Gasteiger partial charge is 0.464 e. The summed E-state index contributed by atoms with van der Waals surface area (Å²) in [5.74, 6) is -0.694. The van der Waals surface area contributed by atoms with Crippen molar-refractivity contribution in [2.45, 2.75) is 19.9 Å². The van der Waals surface area contributed by atoms with E-state index < -0.39 is 12.0 Å². The molecule has 0 rings (SSSR count). The highest BCUT2D eigenvalue weighted by Crippen LogP contribution is 1.99. The number of nitrogens with zero attached hydrogens (tertiary/aromatic N) is 1. The average molecular weight is 185 g/mol. The molecule has 0 aromatic carbocycles. The Morgan fingerprint density at radius 2 is 2.15 bits per heavy atom. The Morgan fingerprint density at radius 3 is 2.54 bits per heavy atom. The second kappa shape index (κ2) is 5.35. The summed E-state index contributed by atoms with van der Waals surface area (Å²) in [6, 6.07) is -0.564. The van der Waals surface area contributed by atoms with Gasteiger partial charge in [0.15, 0.2) is 0 Å². The molecule has 4 heteroatoms. The average Bonchev–Trinajstić information content (AvgIpc) is 2.14. The lowest BCUT2D eigenvalue weighted by molar-refractivity contribution is -0.151. The van der Waals surface area contributed by atoms with Gasteiger partial charge in [0.2, 0.25) is 5.91 Å². The molecule has 0 spiro atoms. The number of carbonyl (C=O) groups excluding carboxylic acids is 2. The zero-order chi connectivity index (χ0) is 10.4. The molecule has 0 bridgehead atoms. The quantitative estimate of drug-likeness (QED) is 0.475. The zero-order valence-electron chi connectivity index (χ0n) is 8.24. The van der Waals surface area contributed by atoms with Gasteiger partial charge in [0.25, 0.3) is 0 Å². The Morgan fingerprint density at radius 1 is 1.62 bits per heavy atom. The Hall–Kier alpha value is -1.32. The molecule has 1 atom stereocenters. The number of rotatable bonds is 4. The van der Waals surface area contributed by atoms with Crippen LogP contribution in [-0.2, 0) is 14.3 Å². The zero-order valence-corrected chi connectivity index (χ0v) is 8.24. The van der Waals surface area contributed by atoms with Crippen LogP contribution in [0, 0.1) is 0 Å². The number of likely N-dealkylation sites (N-methyl/N-ethyl adjacent to an activating group) is 1. The molecule has 0 fully saturated rings. The monoisotopic (exact) mass is 185 g/mol. The van der Waals surface area contributed by atoms with Crippen LogP contribution in [-0.4, -0.2) is 36.5 Å². The van der Waals surface area contributed by atoms with E-state index in [9.17, 15) is 9.59 Å². The summed E-state index contributed by atoms with van der Waals surface area (Å²) in [5, 5.41) is 0. The number of hydrogen-bond donors (Lipinski definition) is 0. The highest BCUT2D eigenvalue weighted by molar-refractivity contribution is 5.90. The smallest absolute Gasteiger partial charge is 0.328 e. The van der Waals surface area contributed by atoms with Crippen molar-refractivity contribution < 1.29 is 14.3 Å². The maximum atomic E-state index is 11.2. The van der Waals surface area contributed by atoms with Crippen LogP contribution in [0.2, 0.25) is 0 Å². The van der Waals surface area contributed by atoms with E-state index in [0.717, 1.165) is 6.08 Å². The third kappa shape index (κ3) is 3.27. The summed E-state index contributed by atoms with van der Waals surface area (Å²) in [6.45, 7) is 6.98. The van der Waals surface area contributed by atoms with Crippen molar-refractivity contribution in [3.63, 3.8) is 0 Å². The van der Waals surface area contributed by atoms with Crippen LogP contribution in [0.4, 0.5) is 0 Å². The van der Waals surface area contributed by atoms with Crippen LogP contribution in [0.1, 0.15) is 13.8 Å². The molecule has 74 valence electrons. The fourth-order valence-electron chi connectivity index (χ4n) is 0.756. The third-order valence-corrected chi connectivity index (χ3v) is 1.73. The summed E-state index contributed by atoms with van der Waals surface area (Å²) >= 11 is 0. The first-order valence-corrected chi connectivity index (χ1v) is 4.10. The highest BCUT2D eigenvalue weighted by atomic mass is 16.5. The van der Waals surface area contributed by atoms with Gasteiger partial charge in [-0.05, 0) is 19.9 Å². The molecule has 0 unspecified atom stereocenters. The van der Waals surface area contributed by atoms with Gasteiger partial charge in [0.1, 0.15) is 6.04 Å². The number of ether oxygens (including phenoxy) is 1. The maximum Gasteiger partial charge on any atom is 0.328 e. The molecule has 0 aromatic rings. The van der Waals surface area contributed by atoms with Crippen molar-refractivity contribution in [2.24, 2.45) is 0 Å². The predicted molar refractivity (Wildman–Crippen MR) is 49.1 cm³/mol. The summed E-state index contributed by atoms with van der Waals surface area (Å²) < 4.78 is 4.75. The minimum atomic E-state index is -0.564. The Balaban J connectivity index is 4.23. The van der Waals surface area contributed by atoms with Gasteiger partial charge in [-0.3, -0.25) is 4.79 Å². The predicted octanol–water partition coefficient (Wildman–Crippen LogP) is 0.582. The summed E-state index contributed by atoms with van der Waals surface area (Å²) in [4.78, 5) is 23.5. The summed E-state index contributed by atoms with van der Waals surface area (Å²) in [7, 11) is 1.53. The van der Waals surface area contributed by atoms with Gasteiger partial charge in [-0.2, -0.15) is 0 Å². The molecule has 0 aliphatic heterocycles. The van der Waals surface area contributed by atoms with Crippen molar-refractivity contribution in [3.05, 3.63) is 12.7 Å². The van der Waals surface area contributed by atoms with Gasteiger partial charge >= 0.3 is 5.97 Å². The first-order valence-electron chi connectivity index (χ1n) is 4.10. The molecule has 0 N–H and O–H groups in total. The SMILES string of the molecule is C=CC(=O)N(C)[C@@H](C)C(=O)OCC. The van der Waals surface area contributed by atoms with Gasteiger partial charge in [-0.15, -0.1) is 0 Å². The molecule has 4 nitrogen and oxygen atoms in total. The number of amides is 1. The lowest BCUT2D eigenvalue weighted by Crippen LogP contribution is -2.40. The van der Waals surface area contributed by atoms with Gasteiger partial charge in [0.05, 0.1) is 6.61 Å². The first-order chi connectivity index (χ1) is 6.04. The summed E-state index contributed by atoms with van der Waals surface area (Å²) in [6.07, 6.45) is 1.16. The van der Waals surface area contributed by atoms with Crippen LogP contribution in [0.25, 0.3) is 0 Å². The van der Waals surface area contributed by atoms with Gasteiger partial charge in [-0.25, -0.2) is 4.79 Å². The lowest BCUT2D eigenvalue weighted by atomic mass is 10.3. The normalized spacial score (nSPS) is 11.6. The molecule has 0 saturated carbocycles. The molecule has 0 aliphatic carbocycles. The molecule has 0 heterocycles. The second-order valence-electron chi connectivity index (χ2n) is 2.58. The molecule has 0 saturated heterocycles. The van der Waals surface area contributed by atoms with Crippen molar-refractivity contribution in [2.75, 3.05) is 13.7 Å². The molecule has 1 amide bonds. The third-order valence-electron chi connectivity index (χ3n) is 1.73. The van der Waals surface area contributed by atoms with Gasteiger partial charge in [-0.1, -0.05) is 6.58 Å². The molecular formula is C9H15NO3. The molecule has 13 heavy (non-hydrogen) atoms. The van der Waals surface area contributed by atoms with E-state index in [-0.39, 0.29) is 5.91 Å². The van der Waals surface area contributed by atoms with E-state index in [0.29, 0.717) is 6.61 Å². The maximum absolute atomic E-state index is 11.2. The minimum absolute atomic E-state index is 0.291. The van der Waals surface area contributed by atoms with Crippen LogP contribution >= 0.6 is 0 Å². The molecular weight excluding hydrogens is 170 g/mol. The van der Waals surface area contributed by atoms with Crippen molar-refractivity contribution >= 4 is 11.9 Å². The van der Waals surface area contributed by atoms with E-state index >= 15 is 0 Å². The van der Waals surface area contributed by atoms with E-state index in [4.69, 9.17) is 4.74 Å². The number of hydrogen-bond acceptors (Lipinski definition) is 3.